The first-order valence-electron chi connectivity index (χ1n) is 6.59. The smallest absolute Gasteiger partial charge is 0.167 e. The van der Waals surface area contributed by atoms with Gasteiger partial charge in [-0.05, 0) is 31.6 Å². The summed E-state index contributed by atoms with van der Waals surface area (Å²) in [5.74, 6) is 0.110. The Bertz CT molecular complexity index is 864. The molecule has 0 aliphatic heterocycles. The fraction of sp³-hybridized carbons (Fsp3) is 0.188. The number of halogens is 1. The average Bonchev–Trinajstić information content (AvgIpc) is 2.76. The van der Waals surface area contributed by atoms with Crippen LogP contribution in [0.25, 0.3) is 27.7 Å². The Morgan fingerprint density at radius 2 is 2.10 bits per heavy atom. The lowest BCUT2D eigenvalue weighted by Gasteiger charge is -2.05. The molecule has 0 bridgehead atoms. The SMILES string of the molecule is C=C(C)c1c2cc(-c3nc(C)ncc3F)ccc2nn1C. The van der Waals surface area contributed by atoms with Crippen LogP contribution in [-0.2, 0) is 7.05 Å². The second-order valence-corrected chi connectivity index (χ2v) is 5.10. The Balaban J connectivity index is 2.28. The predicted molar refractivity (Wildman–Crippen MR) is 81.1 cm³/mol. The fourth-order valence-corrected chi connectivity index (χ4v) is 2.51. The van der Waals surface area contributed by atoms with Gasteiger partial charge in [0.1, 0.15) is 11.5 Å². The molecule has 0 spiro atoms. The minimum atomic E-state index is -0.430. The van der Waals surface area contributed by atoms with Gasteiger partial charge in [-0.1, -0.05) is 12.6 Å². The van der Waals surface area contributed by atoms with Crippen molar-refractivity contribution in [2.24, 2.45) is 7.05 Å². The number of aryl methyl sites for hydroxylation is 2. The van der Waals surface area contributed by atoms with Crippen molar-refractivity contribution >= 4 is 16.5 Å². The van der Waals surface area contributed by atoms with E-state index in [-0.39, 0.29) is 0 Å². The second-order valence-electron chi connectivity index (χ2n) is 5.10. The van der Waals surface area contributed by atoms with Crippen molar-refractivity contribution in [1.29, 1.82) is 0 Å². The molecule has 0 radical (unpaired) electrons. The summed E-state index contributed by atoms with van der Waals surface area (Å²) in [5.41, 5.74) is 3.72. The van der Waals surface area contributed by atoms with Gasteiger partial charge in [-0.2, -0.15) is 5.10 Å². The van der Waals surface area contributed by atoms with Crippen molar-refractivity contribution in [3.8, 4) is 11.3 Å². The van der Waals surface area contributed by atoms with Crippen molar-refractivity contribution in [3.05, 3.63) is 48.3 Å². The summed E-state index contributed by atoms with van der Waals surface area (Å²) in [6.07, 6.45) is 1.20. The Morgan fingerprint density at radius 3 is 2.81 bits per heavy atom. The lowest BCUT2D eigenvalue weighted by molar-refractivity contribution is 0.615. The lowest BCUT2D eigenvalue weighted by atomic mass is 10.1. The largest absolute Gasteiger partial charge is 0.267 e. The zero-order valence-electron chi connectivity index (χ0n) is 12.2. The van der Waals surface area contributed by atoms with E-state index < -0.39 is 5.82 Å². The highest BCUT2D eigenvalue weighted by Crippen LogP contribution is 2.29. The molecule has 0 N–H and O–H groups in total. The first-order valence-corrected chi connectivity index (χ1v) is 6.59. The van der Waals surface area contributed by atoms with E-state index in [1.807, 2.05) is 32.2 Å². The van der Waals surface area contributed by atoms with E-state index >= 15 is 0 Å². The number of nitrogens with zero attached hydrogens (tertiary/aromatic N) is 4. The van der Waals surface area contributed by atoms with Gasteiger partial charge in [0.25, 0.3) is 0 Å². The zero-order valence-corrected chi connectivity index (χ0v) is 12.2. The van der Waals surface area contributed by atoms with Crippen molar-refractivity contribution in [3.63, 3.8) is 0 Å². The third kappa shape index (κ3) is 2.20. The van der Waals surface area contributed by atoms with E-state index in [9.17, 15) is 4.39 Å². The minimum Gasteiger partial charge on any atom is -0.267 e. The lowest BCUT2D eigenvalue weighted by Crippen LogP contribution is -1.95. The summed E-state index contributed by atoms with van der Waals surface area (Å²) in [6, 6.07) is 5.59. The van der Waals surface area contributed by atoms with Gasteiger partial charge < -0.3 is 0 Å². The van der Waals surface area contributed by atoms with Gasteiger partial charge in [-0.15, -0.1) is 0 Å². The third-order valence-electron chi connectivity index (χ3n) is 3.38. The molecule has 0 saturated heterocycles. The molecule has 3 aromatic rings. The molecule has 21 heavy (non-hydrogen) atoms. The number of hydrogen-bond acceptors (Lipinski definition) is 3. The first-order chi connectivity index (χ1) is 9.97. The van der Waals surface area contributed by atoms with Crippen LogP contribution in [0.1, 0.15) is 18.4 Å². The monoisotopic (exact) mass is 282 g/mol. The van der Waals surface area contributed by atoms with Gasteiger partial charge in [0, 0.05) is 18.0 Å². The Kier molecular flexibility index (Phi) is 3.05. The number of hydrogen-bond donors (Lipinski definition) is 0. The molecule has 0 amide bonds. The van der Waals surface area contributed by atoms with Crippen LogP contribution in [0, 0.1) is 12.7 Å². The summed E-state index contributed by atoms with van der Waals surface area (Å²) >= 11 is 0. The Morgan fingerprint density at radius 1 is 1.33 bits per heavy atom. The number of rotatable bonds is 2. The molecule has 0 fully saturated rings. The second kappa shape index (κ2) is 4.77. The molecule has 0 saturated carbocycles. The summed E-state index contributed by atoms with van der Waals surface area (Å²) < 4.78 is 15.7. The van der Waals surface area contributed by atoms with Gasteiger partial charge in [0.05, 0.1) is 17.4 Å². The van der Waals surface area contributed by atoms with Crippen molar-refractivity contribution in [2.45, 2.75) is 13.8 Å². The Labute approximate surface area is 122 Å². The van der Waals surface area contributed by atoms with Crippen LogP contribution in [0.2, 0.25) is 0 Å². The molecule has 0 aliphatic carbocycles. The molecule has 5 heteroatoms. The van der Waals surface area contributed by atoms with Gasteiger partial charge in [0.2, 0.25) is 0 Å². The summed E-state index contributed by atoms with van der Waals surface area (Å²) in [4.78, 5) is 8.06. The fourth-order valence-electron chi connectivity index (χ4n) is 2.51. The van der Waals surface area contributed by atoms with Gasteiger partial charge >= 0.3 is 0 Å². The Hall–Kier alpha value is -2.56. The molecule has 106 valence electrons. The van der Waals surface area contributed by atoms with E-state index in [1.54, 1.807) is 11.6 Å². The molecule has 0 atom stereocenters. The van der Waals surface area contributed by atoms with Crippen LogP contribution in [0.4, 0.5) is 4.39 Å². The summed E-state index contributed by atoms with van der Waals surface area (Å²) in [5, 5.41) is 5.38. The molecule has 3 rings (SSSR count). The number of fused-ring (bicyclic) bond motifs is 1. The van der Waals surface area contributed by atoms with E-state index in [2.05, 4.69) is 21.6 Å². The topological polar surface area (TPSA) is 43.6 Å². The average molecular weight is 282 g/mol. The number of allylic oxidation sites excluding steroid dienone is 1. The predicted octanol–water partition coefficient (Wildman–Crippen LogP) is 3.51. The molecule has 1 aromatic carbocycles. The quantitative estimate of drug-likeness (QED) is 0.722. The van der Waals surface area contributed by atoms with Crippen LogP contribution in [0.5, 0.6) is 0 Å². The first kappa shape index (κ1) is 13.4. The highest BCUT2D eigenvalue weighted by atomic mass is 19.1. The summed E-state index contributed by atoms with van der Waals surface area (Å²) in [7, 11) is 1.87. The molecule has 2 aromatic heterocycles. The maximum Gasteiger partial charge on any atom is 0.167 e. The molecule has 0 unspecified atom stereocenters. The third-order valence-corrected chi connectivity index (χ3v) is 3.38. The maximum absolute atomic E-state index is 14.0. The van der Waals surface area contributed by atoms with E-state index in [0.717, 1.165) is 22.2 Å². The zero-order chi connectivity index (χ0) is 15.1. The van der Waals surface area contributed by atoms with Crippen LogP contribution >= 0.6 is 0 Å². The molecule has 4 nitrogen and oxygen atoms in total. The van der Waals surface area contributed by atoms with E-state index in [1.165, 1.54) is 6.20 Å². The van der Waals surface area contributed by atoms with Gasteiger partial charge in [-0.3, -0.25) is 4.68 Å². The summed E-state index contributed by atoms with van der Waals surface area (Å²) in [6.45, 7) is 7.65. The van der Waals surface area contributed by atoms with Crippen LogP contribution in [-0.4, -0.2) is 19.7 Å². The normalized spacial score (nSPS) is 11.0. The molecular weight excluding hydrogens is 267 g/mol. The van der Waals surface area contributed by atoms with Crippen LogP contribution < -0.4 is 0 Å². The van der Waals surface area contributed by atoms with Crippen molar-refractivity contribution < 1.29 is 4.39 Å². The minimum absolute atomic E-state index is 0.306. The van der Waals surface area contributed by atoms with Crippen molar-refractivity contribution in [2.75, 3.05) is 0 Å². The molecule has 0 aliphatic rings. The molecule has 2 heterocycles. The highest BCUT2D eigenvalue weighted by molar-refractivity contribution is 5.92. The van der Waals surface area contributed by atoms with Gasteiger partial charge in [0.15, 0.2) is 5.82 Å². The van der Waals surface area contributed by atoms with Gasteiger partial charge in [-0.25, -0.2) is 14.4 Å². The van der Waals surface area contributed by atoms with Crippen molar-refractivity contribution in [1.82, 2.24) is 19.7 Å². The van der Waals surface area contributed by atoms with E-state index in [0.29, 0.717) is 17.1 Å². The standard InChI is InChI=1S/C16H15FN4/c1-9(2)16-12-7-11(5-6-14(12)20-21(16)4)15-13(17)8-18-10(3)19-15/h5-8H,1H2,2-4H3. The number of aromatic nitrogens is 4. The van der Waals surface area contributed by atoms with Crippen LogP contribution in [0.15, 0.2) is 31.0 Å². The number of benzene rings is 1. The van der Waals surface area contributed by atoms with E-state index in [4.69, 9.17) is 0 Å². The highest BCUT2D eigenvalue weighted by Gasteiger charge is 2.13. The maximum atomic E-state index is 14.0. The van der Waals surface area contributed by atoms with Crippen LogP contribution in [0.3, 0.4) is 0 Å². The molecular formula is C16H15FN4.